The molecular weight excluding hydrogens is 572 g/mol. The van der Waals surface area contributed by atoms with Crippen LogP contribution in [0.5, 0.6) is 5.75 Å². The fourth-order valence-corrected chi connectivity index (χ4v) is 6.31. The van der Waals surface area contributed by atoms with Gasteiger partial charge >= 0.3 is 0 Å². The number of piperidine rings is 1. The van der Waals surface area contributed by atoms with Gasteiger partial charge in [-0.3, -0.25) is 24.6 Å². The molecule has 1 aliphatic carbocycles. The van der Waals surface area contributed by atoms with Crippen LogP contribution in [0.3, 0.4) is 0 Å². The number of para-hydroxylation sites is 1. The third-order valence-corrected chi connectivity index (χ3v) is 8.85. The Bertz CT molecular complexity index is 1320. The van der Waals surface area contributed by atoms with Gasteiger partial charge in [0, 0.05) is 47.2 Å². The zero-order valence-electron chi connectivity index (χ0n) is 24.5. The van der Waals surface area contributed by atoms with E-state index in [4.69, 9.17) is 20.6 Å². The van der Waals surface area contributed by atoms with Crippen molar-refractivity contribution in [2.75, 3.05) is 32.9 Å². The van der Waals surface area contributed by atoms with E-state index in [0.29, 0.717) is 51.2 Å². The Morgan fingerprint density at radius 2 is 1.93 bits per heavy atom. The number of nitrogens with one attached hydrogen (secondary N) is 4. The standard InChI is InChI=1S/C30H40N6O6S/c1-19(24-13-21(17-43-24)28(31)32)35-29(40)23-14-30(18-41-12-10-33-20(2)37)15-25(30)36(23)27(39)16-34-26(38)9-6-11-42-22-7-4-3-5-8-22/h3-5,7-8,13,17,19,23,25H,6,9-12,14-16,18H2,1-2H3,(H3,31,32)(H,33,37)(H,34,38)(H,35,40)/t19?,23-,25-,30+/m0/s1. The molecular formula is C30H40N6O6S. The molecule has 2 heterocycles. The number of carbonyl (C=O) groups is 4. The highest BCUT2D eigenvalue weighted by Crippen LogP contribution is 2.59. The van der Waals surface area contributed by atoms with Crippen LogP contribution in [0.4, 0.5) is 0 Å². The first kappa shape index (κ1) is 32.0. The molecule has 12 nitrogen and oxygen atoms in total. The van der Waals surface area contributed by atoms with Crippen LogP contribution in [0.2, 0.25) is 0 Å². The second kappa shape index (κ2) is 14.5. The minimum atomic E-state index is -0.712. The van der Waals surface area contributed by atoms with E-state index in [-0.39, 0.29) is 59.9 Å². The summed E-state index contributed by atoms with van der Waals surface area (Å²) < 4.78 is 11.5. The van der Waals surface area contributed by atoms with Crippen molar-refractivity contribution >= 4 is 40.8 Å². The number of nitrogens with zero attached hydrogens (tertiary/aromatic N) is 1. The number of ether oxygens (including phenoxy) is 2. The summed E-state index contributed by atoms with van der Waals surface area (Å²) in [6.07, 6.45) is 1.85. The summed E-state index contributed by atoms with van der Waals surface area (Å²) in [5.41, 5.74) is 5.83. The van der Waals surface area contributed by atoms with E-state index >= 15 is 0 Å². The lowest BCUT2D eigenvalue weighted by atomic mass is 10.00. The molecule has 43 heavy (non-hydrogen) atoms. The predicted octanol–water partition coefficient (Wildman–Crippen LogP) is 1.70. The average Bonchev–Trinajstić information content (AvgIpc) is 3.31. The van der Waals surface area contributed by atoms with Gasteiger partial charge in [-0.1, -0.05) is 18.2 Å². The van der Waals surface area contributed by atoms with Gasteiger partial charge in [0.1, 0.15) is 17.6 Å². The SMILES string of the molecule is CC(=O)NCCOC[C@@]12C[C@@H]1N(C(=O)CNC(=O)CCCOc1ccccc1)[C@H](C(=O)NC(C)c1cc(C(=N)N)cs1)C2. The molecule has 4 amide bonds. The van der Waals surface area contributed by atoms with Crippen LogP contribution in [0, 0.1) is 10.8 Å². The largest absolute Gasteiger partial charge is 0.494 e. The van der Waals surface area contributed by atoms with E-state index in [1.54, 1.807) is 16.3 Å². The molecule has 232 valence electrons. The number of rotatable bonds is 16. The minimum absolute atomic E-state index is 0.0418. The maximum Gasteiger partial charge on any atom is 0.243 e. The summed E-state index contributed by atoms with van der Waals surface area (Å²) in [6.45, 7) is 4.53. The van der Waals surface area contributed by atoms with Crippen molar-refractivity contribution in [1.82, 2.24) is 20.9 Å². The number of nitrogen functional groups attached to an aromatic ring is 1. The summed E-state index contributed by atoms with van der Waals surface area (Å²) in [5.74, 6) is -0.314. The van der Waals surface area contributed by atoms with E-state index < -0.39 is 6.04 Å². The molecule has 0 bridgehead atoms. The first-order valence-corrected chi connectivity index (χ1v) is 15.3. The van der Waals surface area contributed by atoms with Gasteiger partial charge in [0.05, 0.1) is 32.4 Å². The molecule has 2 aliphatic rings. The molecule has 1 saturated carbocycles. The van der Waals surface area contributed by atoms with Gasteiger partial charge in [-0.2, -0.15) is 0 Å². The minimum Gasteiger partial charge on any atom is -0.494 e. The maximum atomic E-state index is 13.5. The Labute approximate surface area is 255 Å². The van der Waals surface area contributed by atoms with Crippen molar-refractivity contribution in [2.45, 2.75) is 57.7 Å². The summed E-state index contributed by atoms with van der Waals surface area (Å²) in [7, 11) is 0. The van der Waals surface area contributed by atoms with E-state index in [2.05, 4.69) is 16.0 Å². The number of thiophene rings is 1. The highest BCUT2D eigenvalue weighted by atomic mass is 32.1. The topological polar surface area (TPSA) is 176 Å². The Balaban J connectivity index is 1.32. The van der Waals surface area contributed by atoms with Gasteiger partial charge in [-0.05, 0) is 44.4 Å². The third kappa shape index (κ3) is 8.54. The fraction of sp³-hybridized carbons (Fsp3) is 0.500. The zero-order chi connectivity index (χ0) is 31.0. The number of hydrogen-bond acceptors (Lipinski definition) is 8. The highest BCUT2D eigenvalue weighted by Gasteiger charge is 2.67. The normalized spacial score (nSPS) is 20.9. The first-order chi connectivity index (χ1) is 20.6. The second-order valence-electron chi connectivity index (χ2n) is 11.1. The average molecular weight is 613 g/mol. The van der Waals surface area contributed by atoms with Crippen molar-refractivity contribution in [3.05, 3.63) is 52.2 Å². The van der Waals surface area contributed by atoms with Crippen LogP contribution in [-0.4, -0.2) is 79.4 Å². The second-order valence-corrected chi connectivity index (χ2v) is 12.0. The number of benzene rings is 1. The van der Waals surface area contributed by atoms with Crippen molar-refractivity contribution in [2.24, 2.45) is 11.1 Å². The Morgan fingerprint density at radius 1 is 1.16 bits per heavy atom. The summed E-state index contributed by atoms with van der Waals surface area (Å²) >= 11 is 1.40. The Kier molecular flexibility index (Phi) is 10.8. The number of fused-ring (bicyclic) bond motifs is 1. The highest BCUT2D eigenvalue weighted by molar-refractivity contribution is 7.10. The van der Waals surface area contributed by atoms with Gasteiger partial charge in [0.15, 0.2) is 0 Å². The number of hydrogen-bond donors (Lipinski definition) is 5. The quantitative estimate of drug-likeness (QED) is 0.109. The number of likely N-dealkylation sites (tertiary alicyclic amines) is 1. The Morgan fingerprint density at radius 3 is 2.63 bits per heavy atom. The van der Waals surface area contributed by atoms with Gasteiger partial charge in [0.25, 0.3) is 0 Å². The molecule has 1 aliphatic heterocycles. The molecule has 0 spiro atoms. The molecule has 0 radical (unpaired) electrons. The Hall–Kier alpha value is -3.97. The lowest BCUT2D eigenvalue weighted by Crippen LogP contribution is -2.51. The van der Waals surface area contributed by atoms with Crippen LogP contribution in [0.15, 0.2) is 41.8 Å². The summed E-state index contributed by atoms with van der Waals surface area (Å²) in [5, 5.41) is 17.8. The molecule has 13 heteroatoms. The van der Waals surface area contributed by atoms with Gasteiger partial charge in [0.2, 0.25) is 23.6 Å². The van der Waals surface area contributed by atoms with E-state index in [1.165, 1.54) is 18.3 Å². The van der Waals surface area contributed by atoms with Crippen molar-refractivity contribution in [3.8, 4) is 5.75 Å². The first-order valence-electron chi connectivity index (χ1n) is 14.4. The van der Waals surface area contributed by atoms with E-state index in [9.17, 15) is 19.2 Å². The van der Waals surface area contributed by atoms with Crippen molar-refractivity contribution in [3.63, 3.8) is 0 Å². The predicted molar refractivity (Wildman–Crippen MR) is 162 cm³/mol. The van der Waals surface area contributed by atoms with Crippen LogP contribution in [-0.2, 0) is 23.9 Å². The fourth-order valence-electron chi connectivity index (χ4n) is 5.39. The van der Waals surface area contributed by atoms with Gasteiger partial charge in [-0.15, -0.1) is 11.3 Å². The van der Waals surface area contributed by atoms with Crippen LogP contribution in [0.1, 0.15) is 56.0 Å². The monoisotopic (exact) mass is 612 g/mol. The van der Waals surface area contributed by atoms with E-state index in [0.717, 1.165) is 10.6 Å². The van der Waals surface area contributed by atoms with Crippen molar-refractivity contribution in [1.29, 1.82) is 5.41 Å². The molecule has 2 aromatic rings. The molecule has 1 saturated heterocycles. The summed E-state index contributed by atoms with van der Waals surface area (Å²) in [4.78, 5) is 53.0. The van der Waals surface area contributed by atoms with E-state index in [1.807, 2.05) is 37.3 Å². The number of amidine groups is 1. The lowest BCUT2D eigenvalue weighted by Gasteiger charge is -2.28. The number of nitrogens with two attached hydrogens (primary N) is 1. The summed E-state index contributed by atoms with van der Waals surface area (Å²) in [6, 6.07) is 9.88. The number of carbonyl (C=O) groups excluding carboxylic acids is 4. The zero-order valence-corrected chi connectivity index (χ0v) is 25.3. The molecule has 2 fully saturated rings. The third-order valence-electron chi connectivity index (χ3n) is 7.73. The molecule has 6 N–H and O–H groups in total. The molecule has 1 aromatic carbocycles. The van der Waals surface area contributed by atoms with Gasteiger partial charge < -0.3 is 36.1 Å². The molecule has 4 rings (SSSR count). The van der Waals surface area contributed by atoms with Gasteiger partial charge in [-0.25, -0.2) is 0 Å². The van der Waals surface area contributed by atoms with Crippen LogP contribution in [0.25, 0.3) is 0 Å². The molecule has 4 atom stereocenters. The smallest absolute Gasteiger partial charge is 0.243 e. The van der Waals surface area contributed by atoms with Crippen molar-refractivity contribution < 1.29 is 28.7 Å². The van der Waals surface area contributed by atoms with Crippen LogP contribution < -0.4 is 26.4 Å². The molecule has 1 unspecified atom stereocenters. The number of amides is 4. The maximum absolute atomic E-state index is 13.5. The van der Waals surface area contributed by atoms with Crippen LogP contribution >= 0.6 is 11.3 Å². The lowest BCUT2D eigenvalue weighted by molar-refractivity contribution is -0.140. The molecule has 1 aromatic heterocycles.